The summed E-state index contributed by atoms with van der Waals surface area (Å²) in [6.45, 7) is 24.4. The SMILES string of the molecule is CC(=O)Oc1ccc(OC(=O)c2ccc(OCCCCCCOC(=O)CCC(=O)OC3CC(C)(C)N(C)C(C)(C)C3)cc2)c(C)c1.Cc1ccc(OCCCCCCOC(=O)CCC(=O)OC2CC(C)(C)N(C)C(C)(C)C2)cc1. The number of carbonyl (C=O) groups excluding carboxylic acids is 6. The highest BCUT2D eigenvalue weighted by molar-refractivity contribution is 5.91. The van der Waals surface area contributed by atoms with E-state index in [1.54, 1.807) is 49.4 Å². The van der Waals surface area contributed by atoms with E-state index in [9.17, 15) is 28.8 Å². The first kappa shape index (κ1) is 65.5. The van der Waals surface area contributed by atoms with Crippen molar-refractivity contribution in [2.24, 2.45) is 0 Å². The second-order valence-electron chi connectivity index (χ2n) is 23.6. The minimum atomic E-state index is -0.503. The molecular weight excluding hydrogens is 1010 g/mol. The van der Waals surface area contributed by atoms with Gasteiger partial charge >= 0.3 is 35.8 Å². The van der Waals surface area contributed by atoms with Crippen molar-refractivity contribution in [2.45, 2.75) is 213 Å². The number of aryl methyl sites for hydroxylation is 2. The smallest absolute Gasteiger partial charge is 0.343 e. The molecule has 2 saturated heterocycles. The number of esters is 6. The number of ether oxygens (including phenoxy) is 8. The first-order valence-corrected chi connectivity index (χ1v) is 28.3. The minimum Gasteiger partial charge on any atom is -0.494 e. The molecule has 79 heavy (non-hydrogen) atoms. The van der Waals surface area contributed by atoms with Crippen LogP contribution in [0.3, 0.4) is 0 Å². The largest absolute Gasteiger partial charge is 0.494 e. The maximum absolute atomic E-state index is 12.6. The van der Waals surface area contributed by atoms with Gasteiger partial charge in [-0.15, -0.1) is 0 Å². The molecule has 0 saturated carbocycles. The van der Waals surface area contributed by atoms with Crippen LogP contribution in [0.5, 0.6) is 23.0 Å². The lowest BCUT2D eigenvalue weighted by Gasteiger charge is -2.53. The van der Waals surface area contributed by atoms with Gasteiger partial charge in [-0.25, -0.2) is 4.79 Å². The average Bonchev–Trinajstić information content (AvgIpc) is 3.43. The van der Waals surface area contributed by atoms with Gasteiger partial charge in [-0.1, -0.05) is 17.7 Å². The molecule has 5 rings (SSSR count). The van der Waals surface area contributed by atoms with Crippen LogP contribution in [-0.4, -0.2) is 121 Å². The van der Waals surface area contributed by atoms with Crippen LogP contribution in [0.2, 0.25) is 0 Å². The fourth-order valence-electron chi connectivity index (χ4n) is 10.1. The molecule has 2 aliphatic heterocycles. The highest BCUT2D eigenvalue weighted by Gasteiger charge is 2.45. The van der Waals surface area contributed by atoms with Crippen LogP contribution >= 0.6 is 0 Å². The van der Waals surface area contributed by atoms with Crippen LogP contribution in [-0.2, 0) is 42.9 Å². The Hall–Kier alpha value is -6.00. The Labute approximate surface area is 470 Å². The van der Waals surface area contributed by atoms with Crippen molar-refractivity contribution in [2.75, 3.05) is 40.5 Å². The van der Waals surface area contributed by atoms with Crippen molar-refractivity contribution in [1.82, 2.24) is 9.80 Å². The second-order valence-corrected chi connectivity index (χ2v) is 23.6. The van der Waals surface area contributed by atoms with Gasteiger partial charge in [0.25, 0.3) is 0 Å². The summed E-state index contributed by atoms with van der Waals surface area (Å²) in [4.78, 5) is 77.0. The topological polar surface area (TPSA) is 183 Å². The standard InChI is InChI=1S/C36H49NO9.C27H43NO5/c1-25-22-29(44-26(2)38)16-17-31(25)46-34(41)27-12-14-28(15-13-27)42-20-10-8-9-11-21-43-32(39)18-19-33(40)45-30-23-35(3,4)37(7)36(5,6)24-30;1-21-11-13-22(14-12-21)31-17-9-7-8-10-18-32-24(29)15-16-25(30)33-23-19-26(2,3)28(6)27(4,5)20-23/h12-17,22,30H,8-11,18-21,23-24H2,1-7H3;11-14,23H,7-10,15-20H2,1-6H3. The predicted molar refractivity (Wildman–Crippen MR) is 303 cm³/mol. The molecule has 0 spiro atoms. The maximum atomic E-state index is 12.6. The van der Waals surface area contributed by atoms with Crippen LogP contribution in [0.25, 0.3) is 0 Å². The average molecular weight is 1100 g/mol. The fraction of sp³-hybridized carbons (Fsp3) is 0.619. The maximum Gasteiger partial charge on any atom is 0.343 e. The van der Waals surface area contributed by atoms with Gasteiger partial charge in [-0.05, 0) is 195 Å². The Morgan fingerprint density at radius 3 is 1.23 bits per heavy atom. The summed E-state index contributed by atoms with van der Waals surface area (Å²) in [5.74, 6) is -0.00205. The van der Waals surface area contributed by atoms with Crippen LogP contribution in [0.4, 0.5) is 0 Å². The number of rotatable bonds is 27. The summed E-state index contributed by atoms with van der Waals surface area (Å²) in [7, 11) is 4.22. The molecule has 3 aromatic carbocycles. The third-order valence-electron chi connectivity index (χ3n) is 15.1. The van der Waals surface area contributed by atoms with Crippen LogP contribution < -0.4 is 18.9 Å². The van der Waals surface area contributed by atoms with E-state index in [0.717, 1.165) is 82.8 Å². The van der Waals surface area contributed by atoms with Gasteiger partial charge in [0.15, 0.2) is 0 Å². The number of nitrogens with zero attached hydrogens (tertiary/aromatic N) is 2. The molecule has 0 amide bonds. The number of piperidine rings is 2. The van der Waals surface area contributed by atoms with Crippen molar-refractivity contribution < 1.29 is 66.7 Å². The van der Waals surface area contributed by atoms with E-state index in [0.29, 0.717) is 54.8 Å². The summed E-state index contributed by atoms with van der Waals surface area (Å²) in [6.07, 6.45) is 10.2. The van der Waals surface area contributed by atoms with Crippen molar-refractivity contribution >= 4 is 35.8 Å². The first-order valence-electron chi connectivity index (χ1n) is 28.3. The van der Waals surface area contributed by atoms with Crippen LogP contribution in [0.1, 0.15) is 187 Å². The first-order chi connectivity index (χ1) is 37.2. The van der Waals surface area contributed by atoms with Gasteiger partial charge in [0, 0.05) is 54.8 Å². The molecule has 0 aliphatic carbocycles. The van der Waals surface area contributed by atoms with E-state index in [1.165, 1.54) is 12.5 Å². The zero-order valence-corrected chi connectivity index (χ0v) is 49.8. The molecule has 0 atom stereocenters. The van der Waals surface area contributed by atoms with Crippen LogP contribution in [0.15, 0.2) is 66.7 Å². The highest BCUT2D eigenvalue weighted by atomic mass is 16.6. The molecule has 2 heterocycles. The second kappa shape index (κ2) is 31.1. The Morgan fingerprint density at radius 1 is 0.468 bits per heavy atom. The number of hydrogen-bond acceptors (Lipinski definition) is 16. The molecule has 0 radical (unpaired) electrons. The highest BCUT2D eigenvalue weighted by Crippen LogP contribution is 2.39. The van der Waals surface area contributed by atoms with E-state index < -0.39 is 11.9 Å². The molecule has 0 aromatic heterocycles. The summed E-state index contributed by atoms with van der Waals surface area (Å²) < 4.78 is 44.0. The Kier molecular flexibility index (Phi) is 25.8. The molecule has 3 aromatic rings. The third kappa shape index (κ3) is 23.3. The van der Waals surface area contributed by atoms with E-state index in [-0.39, 0.29) is 83.9 Å². The molecule has 16 nitrogen and oxygen atoms in total. The van der Waals surface area contributed by atoms with Crippen molar-refractivity contribution in [1.29, 1.82) is 0 Å². The number of carbonyl (C=O) groups is 6. The normalized spacial score (nSPS) is 16.8. The molecular formula is C63H92N2O14. The quantitative estimate of drug-likeness (QED) is 0.0304. The monoisotopic (exact) mass is 1100 g/mol. The summed E-state index contributed by atoms with van der Waals surface area (Å²) in [5.41, 5.74) is 2.03. The van der Waals surface area contributed by atoms with Gasteiger partial charge in [0.2, 0.25) is 0 Å². The number of unbranched alkanes of at least 4 members (excludes halogenated alkanes) is 6. The van der Waals surface area contributed by atoms with Crippen LogP contribution in [0, 0.1) is 13.8 Å². The lowest BCUT2D eigenvalue weighted by atomic mass is 9.78. The van der Waals surface area contributed by atoms with Gasteiger partial charge in [0.05, 0.1) is 57.7 Å². The van der Waals surface area contributed by atoms with E-state index in [4.69, 9.17) is 37.9 Å². The zero-order valence-electron chi connectivity index (χ0n) is 49.8. The number of likely N-dealkylation sites (tertiary alicyclic amines) is 2. The Balaban J connectivity index is 0.000000360. The molecule has 0 bridgehead atoms. The van der Waals surface area contributed by atoms with Crippen molar-refractivity contribution in [3.05, 3.63) is 83.4 Å². The molecule has 16 heteroatoms. The third-order valence-corrected chi connectivity index (χ3v) is 15.1. The fourth-order valence-corrected chi connectivity index (χ4v) is 10.1. The van der Waals surface area contributed by atoms with Gasteiger partial charge in [-0.3, -0.25) is 33.8 Å². The molecule has 2 aliphatic rings. The number of hydrogen-bond donors (Lipinski definition) is 0. The van der Waals surface area contributed by atoms with Gasteiger partial charge < -0.3 is 37.9 Å². The molecule has 2 fully saturated rings. The van der Waals surface area contributed by atoms with Gasteiger partial charge in [-0.2, -0.15) is 0 Å². The zero-order chi connectivity index (χ0) is 58.4. The summed E-state index contributed by atoms with van der Waals surface area (Å²) in [5, 5.41) is 0. The van der Waals surface area contributed by atoms with E-state index in [1.807, 2.05) is 24.3 Å². The Bertz CT molecular complexity index is 2390. The van der Waals surface area contributed by atoms with E-state index >= 15 is 0 Å². The summed E-state index contributed by atoms with van der Waals surface area (Å²) >= 11 is 0. The lowest BCUT2D eigenvalue weighted by Crippen LogP contribution is -2.60. The predicted octanol–water partition coefficient (Wildman–Crippen LogP) is 12.0. The Morgan fingerprint density at radius 2 is 0.835 bits per heavy atom. The van der Waals surface area contributed by atoms with Gasteiger partial charge in [0.1, 0.15) is 35.2 Å². The number of benzene rings is 3. The minimum absolute atomic E-state index is 0.0208. The van der Waals surface area contributed by atoms with Crippen molar-refractivity contribution in [3.63, 3.8) is 0 Å². The van der Waals surface area contributed by atoms with Crippen molar-refractivity contribution in [3.8, 4) is 23.0 Å². The lowest BCUT2D eigenvalue weighted by molar-refractivity contribution is -0.162. The summed E-state index contributed by atoms with van der Waals surface area (Å²) in [6, 6.07) is 19.6. The molecule has 438 valence electrons. The van der Waals surface area contributed by atoms with E-state index in [2.05, 4.69) is 86.2 Å². The molecule has 0 unspecified atom stereocenters. The molecule has 0 N–H and O–H groups in total.